The number of hydrogen-bond donors (Lipinski definition) is 1. The van der Waals surface area contributed by atoms with Crippen molar-refractivity contribution >= 4 is 17.5 Å². The maximum Gasteiger partial charge on any atom is 0.259 e. The van der Waals surface area contributed by atoms with Crippen molar-refractivity contribution in [1.29, 1.82) is 0 Å². The molecule has 1 aliphatic heterocycles. The summed E-state index contributed by atoms with van der Waals surface area (Å²) >= 11 is 0. The monoisotopic (exact) mass is 392 g/mol. The van der Waals surface area contributed by atoms with Gasteiger partial charge < -0.3 is 5.32 Å². The fourth-order valence-corrected chi connectivity index (χ4v) is 4.06. The molecular formula is C25H32N2O2. The Kier molecular flexibility index (Phi) is 6.41. The third-order valence-electron chi connectivity index (χ3n) is 5.94. The lowest BCUT2D eigenvalue weighted by Crippen LogP contribution is -2.59. The molecule has 0 saturated carbocycles. The molecule has 1 heterocycles. The number of anilines is 1. The van der Waals surface area contributed by atoms with E-state index in [2.05, 4.69) is 26.1 Å². The lowest BCUT2D eigenvalue weighted by Gasteiger charge is -2.40. The molecule has 0 saturated heterocycles. The van der Waals surface area contributed by atoms with Crippen LogP contribution in [0.1, 0.15) is 62.0 Å². The van der Waals surface area contributed by atoms with Crippen molar-refractivity contribution in [3.8, 4) is 0 Å². The molecule has 1 atom stereocenters. The van der Waals surface area contributed by atoms with E-state index in [-0.39, 0.29) is 11.8 Å². The smallest absolute Gasteiger partial charge is 0.259 e. The Morgan fingerprint density at radius 1 is 1.14 bits per heavy atom. The van der Waals surface area contributed by atoms with Gasteiger partial charge in [0.2, 0.25) is 5.91 Å². The average molecular weight is 393 g/mol. The van der Waals surface area contributed by atoms with E-state index in [0.29, 0.717) is 30.9 Å². The van der Waals surface area contributed by atoms with Gasteiger partial charge in [-0.25, -0.2) is 0 Å². The number of nitrogens with zero attached hydrogens (tertiary/aromatic N) is 1. The Labute approximate surface area is 174 Å². The van der Waals surface area contributed by atoms with E-state index in [1.807, 2.05) is 55.5 Å². The molecule has 0 unspecified atom stereocenters. The first-order valence-corrected chi connectivity index (χ1v) is 10.7. The van der Waals surface area contributed by atoms with Crippen molar-refractivity contribution in [3.63, 3.8) is 0 Å². The summed E-state index contributed by atoms with van der Waals surface area (Å²) in [6.45, 7) is 8.90. The Hall–Kier alpha value is -2.62. The number of carbonyl (C=O) groups excluding carboxylic acids is 2. The van der Waals surface area contributed by atoms with Crippen LogP contribution < -0.4 is 10.2 Å². The second kappa shape index (κ2) is 8.81. The van der Waals surface area contributed by atoms with Crippen LogP contribution in [0.3, 0.4) is 0 Å². The Bertz CT molecular complexity index is 890. The largest absolute Gasteiger partial charge is 0.354 e. The summed E-state index contributed by atoms with van der Waals surface area (Å²) in [5.41, 5.74) is 2.66. The molecule has 29 heavy (non-hydrogen) atoms. The quantitative estimate of drug-likeness (QED) is 0.770. The number of nitrogens with one attached hydrogen (secondary N) is 1. The molecule has 2 aromatic carbocycles. The van der Waals surface area contributed by atoms with Crippen LogP contribution in [-0.2, 0) is 17.6 Å². The molecule has 0 radical (unpaired) electrons. The van der Waals surface area contributed by atoms with Crippen LogP contribution in [-0.4, -0.2) is 23.9 Å². The predicted molar refractivity (Wildman–Crippen MR) is 118 cm³/mol. The number of hydrogen-bond acceptors (Lipinski definition) is 2. The van der Waals surface area contributed by atoms with Gasteiger partial charge in [0.25, 0.3) is 5.91 Å². The number of amides is 2. The summed E-state index contributed by atoms with van der Waals surface area (Å²) in [4.78, 5) is 28.9. The van der Waals surface area contributed by atoms with Gasteiger partial charge in [0.05, 0.1) is 0 Å². The highest BCUT2D eigenvalue weighted by Gasteiger charge is 2.45. The summed E-state index contributed by atoms with van der Waals surface area (Å²) in [6.07, 6.45) is 3.00. The van der Waals surface area contributed by atoms with Gasteiger partial charge in [0, 0.05) is 17.8 Å². The molecule has 0 fully saturated rings. The van der Waals surface area contributed by atoms with Gasteiger partial charge in [0.1, 0.15) is 5.54 Å². The van der Waals surface area contributed by atoms with Crippen LogP contribution in [0, 0.1) is 5.92 Å². The first-order chi connectivity index (χ1) is 13.9. The summed E-state index contributed by atoms with van der Waals surface area (Å²) in [6, 6.07) is 15.7. The second-order valence-corrected chi connectivity index (χ2v) is 8.49. The van der Waals surface area contributed by atoms with Gasteiger partial charge in [-0.2, -0.15) is 0 Å². The summed E-state index contributed by atoms with van der Waals surface area (Å²) in [5, 5.41) is 3.10. The zero-order valence-corrected chi connectivity index (χ0v) is 18.0. The van der Waals surface area contributed by atoms with Crippen LogP contribution in [0.25, 0.3) is 0 Å². The fourth-order valence-electron chi connectivity index (χ4n) is 4.06. The van der Waals surface area contributed by atoms with Crippen LogP contribution in [0.5, 0.6) is 0 Å². The molecule has 1 N–H and O–H groups in total. The maximum atomic E-state index is 13.8. The number of fused-ring (bicyclic) bond motifs is 1. The number of benzene rings is 2. The highest BCUT2D eigenvalue weighted by Crippen LogP contribution is 2.36. The zero-order valence-electron chi connectivity index (χ0n) is 18.0. The molecule has 1 aliphatic rings. The molecule has 0 aromatic heterocycles. The lowest BCUT2D eigenvalue weighted by atomic mass is 9.90. The minimum Gasteiger partial charge on any atom is -0.354 e. The van der Waals surface area contributed by atoms with E-state index in [1.54, 1.807) is 4.90 Å². The standard InChI is InChI=1S/C25H32N2O2/c1-5-19-10-7-9-13-22(19)27-23(28)21-12-8-6-11-20(21)14-16-25(27,4)24(29)26-17-15-18(2)3/h6-13,18H,5,14-17H2,1-4H3,(H,26,29)/t25-/m1/s1. The summed E-state index contributed by atoms with van der Waals surface area (Å²) in [7, 11) is 0. The van der Waals surface area contributed by atoms with Gasteiger partial charge in [-0.3, -0.25) is 14.5 Å². The van der Waals surface area contributed by atoms with Crippen molar-refractivity contribution in [2.75, 3.05) is 11.4 Å². The maximum absolute atomic E-state index is 13.8. The number of aryl methyl sites for hydroxylation is 2. The molecule has 2 amide bonds. The van der Waals surface area contributed by atoms with E-state index in [1.165, 1.54) is 0 Å². The van der Waals surface area contributed by atoms with Gasteiger partial charge in [-0.1, -0.05) is 57.2 Å². The molecule has 0 aliphatic carbocycles. The molecule has 2 aromatic rings. The van der Waals surface area contributed by atoms with Crippen LogP contribution in [0.15, 0.2) is 48.5 Å². The molecule has 0 spiro atoms. The minimum atomic E-state index is -0.946. The van der Waals surface area contributed by atoms with Crippen molar-refractivity contribution < 1.29 is 9.59 Å². The third kappa shape index (κ3) is 4.21. The van der Waals surface area contributed by atoms with Gasteiger partial charge in [-0.05, 0) is 61.8 Å². The Morgan fingerprint density at radius 3 is 2.55 bits per heavy atom. The Balaban J connectivity index is 2.08. The topological polar surface area (TPSA) is 49.4 Å². The summed E-state index contributed by atoms with van der Waals surface area (Å²) < 4.78 is 0. The Morgan fingerprint density at radius 2 is 1.83 bits per heavy atom. The van der Waals surface area contributed by atoms with E-state index in [9.17, 15) is 9.59 Å². The minimum absolute atomic E-state index is 0.0785. The molecule has 3 rings (SSSR count). The van der Waals surface area contributed by atoms with E-state index in [0.717, 1.165) is 29.7 Å². The predicted octanol–water partition coefficient (Wildman–Crippen LogP) is 4.76. The van der Waals surface area contributed by atoms with Crippen molar-refractivity contribution in [2.24, 2.45) is 5.92 Å². The summed E-state index contributed by atoms with van der Waals surface area (Å²) in [5.74, 6) is 0.339. The number of carbonyl (C=O) groups is 2. The van der Waals surface area contributed by atoms with Gasteiger partial charge in [0.15, 0.2) is 0 Å². The fraction of sp³-hybridized carbons (Fsp3) is 0.440. The lowest BCUT2D eigenvalue weighted by molar-refractivity contribution is -0.126. The van der Waals surface area contributed by atoms with Crippen molar-refractivity contribution in [2.45, 2.75) is 58.9 Å². The normalized spacial score (nSPS) is 19.1. The van der Waals surface area contributed by atoms with Gasteiger partial charge in [-0.15, -0.1) is 0 Å². The van der Waals surface area contributed by atoms with Crippen LogP contribution in [0.2, 0.25) is 0 Å². The zero-order chi connectivity index (χ0) is 21.0. The van der Waals surface area contributed by atoms with E-state index < -0.39 is 5.54 Å². The number of rotatable bonds is 6. The molecule has 4 nitrogen and oxygen atoms in total. The average Bonchev–Trinajstić information content (AvgIpc) is 2.83. The SMILES string of the molecule is CCc1ccccc1N1C(=O)c2ccccc2CC[C@]1(C)C(=O)NCCC(C)C. The molecule has 154 valence electrons. The van der Waals surface area contributed by atoms with Gasteiger partial charge >= 0.3 is 0 Å². The first-order valence-electron chi connectivity index (χ1n) is 10.7. The van der Waals surface area contributed by atoms with Crippen LogP contribution in [0.4, 0.5) is 5.69 Å². The molecule has 4 heteroatoms. The van der Waals surface area contributed by atoms with Crippen LogP contribution >= 0.6 is 0 Å². The highest BCUT2D eigenvalue weighted by atomic mass is 16.2. The number of para-hydroxylation sites is 1. The second-order valence-electron chi connectivity index (χ2n) is 8.49. The first kappa shape index (κ1) is 21.1. The van der Waals surface area contributed by atoms with E-state index in [4.69, 9.17) is 0 Å². The third-order valence-corrected chi connectivity index (χ3v) is 5.94. The molecule has 0 bridgehead atoms. The van der Waals surface area contributed by atoms with E-state index >= 15 is 0 Å². The molecular weight excluding hydrogens is 360 g/mol. The highest BCUT2D eigenvalue weighted by molar-refractivity contribution is 6.13. The van der Waals surface area contributed by atoms with Crippen molar-refractivity contribution in [1.82, 2.24) is 5.32 Å². The van der Waals surface area contributed by atoms with Crippen molar-refractivity contribution in [3.05, 3.63) is 65.2 Å².